The predicted molar refractivity (Wildman–Crippen MR) is 193 cm³/mol. The number of amides is 1. The van der Waals surface area contributed by atoms with Crippen LogP contribution in [0.3, 0.4) is 0 Å². The third-order valence-electron chi connectivity index (χ3n) is 9.40. The Labute approximate surface area is 294 Å². The lowest BCUT2D eigenvalue weighted by Gasteiger charge is -2.44. The minimum absolute atomic E-state index is 0.0161. The minimum Gasteiger partial charge on any atom is -0.493 e. The number of rotatable bonds is 14. The zero-order valence-corrected chi connectivity index (χ0v) is 30.7. The number of carbonyl (C=O) groups is 1. The van der Waals surface area contributed by atoms with Gasteiger partial charge >= 0.3 is 0 Å². The first-order valence-electron chi connectivity index (χ1n) is 16.4. The molecule has 11 heteroatoms. The molecule has 260 valence electrons. The number of benzene rings is 3. The normalized spacial score (nSPS) is 19.3. The molecule has 0 aliphatic carbocycles. The molecule has 0 saturated carbocycles. The quantitative estimate of drug-likeness (QED) is 0.195. The molecule has 2 atom stereocenters. The fourth-order valence-electron chi connectivity index (χ4n) is 6.60. The summed E-state index contributed by atoms with van der Waals surface area (Å²) in [5, 5.41) is 0.647. The van der Waals surface area contributed by atoms with E-state index in [0.717, 1.165) is 67.4 Å². The average molecular weight is 698 g/mol. The number of carbonyl (C=O) groups excluding carboxylic acids is 1. The monoisotopic (exact) mass is 697 g/mol. The van der Waals surface area contributed by atoms with E-state index in [1.165, 1.54) is 0 Å². The van der Waals surface area contributed by atoms with Crippen molar-refractivity contribution < 1.29 is 28.5 Å². The van der Waals surface area contributed by atoms with Gasteiger partial charge < -0.3 is 33.5 Å². The van der Waals surface area contributed by atoms with E-state index in [0.29, 0.717) is 34.6 Å². The van der Waals surface area contributed by atoms with Crippen LogP contribution >= 0.6 is 23.4 Å². The first-order chi connectivity index (χ1) is 23.1. The standard InChI is InChI=1S/C37H48ClN3O6S/c1-25(2)37(36(42)39(3)30-13-12-27(38)22-34(30)48-37)29-10-8-9-11-31(29)47-24-28(43-4)23-41-18-16-40(17-19-41)15-14-26-20-32(44-5)35(46-7)33(21-26)45-6/h8-13,20-22,25,28H,14-19,23-24H2,1-7H3. The molecule has 0 spiro atoms. The topological polar surface area (TPSA) is 72.9 Å². The van der Waals surface area contributed by atoms with Gasteiger partial charge in [-0.1, -0.05) is 43.6 Å². The molecule has 2 aliphatic rings. The summed E-state index contributed by atoms with van der Waals surface area (Å²) >= 11 is 7.96. The lowest BCUT2D eigenvalue weighted by Crippen LogP contribution is -2.50. The maximum Gasteiger partial charge on any atom is 0.248 e. The number of hydrogen-bond acceptors (Lipinski definition) is 9. The van der Waals surface area contributed by atoms with Gasteiger partial charge in [-0.3, -0.25) is 9.69 Å². The summed E-state index contributed by atoms with van der Waals surface area (Å²) in [6.07, 6.45) is 0.758. The highest BCUT2D eigenvalue weighted by Crippen LogP contribution is 2.56. The average Bonchev–Trinajstić information content (AvgIpc) is 3.10. The van der Waals surface area contributed by atoms with E-state index in [1.807, 2.05) is 61.6 Å². The number of thioether (sulfide) groups is 1. The fraction of sp³-hybridized carbons (Fsp3) is 0.486. The van der Waals surface area contributed by atoms with Gasteiger partial charge in [0.2, 0.25) is 11.7 Å². The van der Waals surface area contributed by atoms with Crippen molar-refractivity contribution in [2.24, 2.45) is 5.92 Å². The maximum atomic E-state index is 14.1. The maximum absolute atomic E-state index is 14.1. The van der Waals surface area contributed by atoms with Gasteiger partial charge in [-0.15, -0.1) is 11.8 Å². The Bertz CT molecular complexity index is 1540. The molecular weight excluding hydrogens is 650 g/mol. The number of halogens is 1. The van der Waals surface area contributed by atoms with Crippen LogP contribution < -0.4 is 23.8 Å². The third-order valence-corrected chi connectivity index (χ3v) is 11.4. The van der Waals surface area contributed by atoms with Crippen LogP contribution in [0, 0.1) is 5.92 Å². The van der Waals surface area contributed by atoms with Gasteiger partial charge in [-0.25, -0.2) is 0 Å². The van der Waals surface area contributed by atoms with Crippen LogP contribution in [-0.4, -0.2) is 103 Å². The van der Waals surface area contributed by atoms with Gasteiger partial charge in [0.25, 0.3) is 0 Å². The van der Waals surface area contributed by atoms with Crippen molar-refractivity contribution in [3.05, 3.63) is 70.7 Å². The molecule has 0 N–H and O–H groups in total. The van der Waals surface area contributed by atoms with Gasteiger partial charge in [0.05, 0.1) is 27.0 Å². The van der Waals surface area contributed by atoms with E-state index in [4.69, 9.17) is 35.3 Å². The molecule has 0 aromatic heterocycles. The molecule has 2 unspecified atom stereocenters. The summed E-state index contributed by atoms with van der Waals surface area (Å²) in [6, 6.07) is 17.6. The highest BCUT2D eigenvalue weighted by Gasteiger charge is 2.51. The Morgan fingerprint density at radius 2 is 1.54 bits per heavy atom. The van der Waals surface area contributed by atoms with E-state index in [1.54, 1.807) is 45.1 Å². The molecule has 0 bridgehead atoms. The Balaban J connectivity index is 1.20. The number of methoxy groups -OCH3 is 4. The molecule has 1 fully saturated rings. The summed E-state index contributed by atoms with van der Waals surface area (Å²) in [5.41, 5.74) is 2.88. The summed E-state index contributed by atoms with van der Waals surface area (Å²) in [6.45, 7) is 10.1. The first kappa shape index (κ1) is 36.1. The third kappa shape index (κ3) is 7.53. The van der Waals surface area contributed by atoms with Gasteiger partial charge in [0.1, 0.15) is 23.2 Å². The van der Waals surface area contributed by atoms with Crippen LogP contribution in [-0.2, 0) is 20.7 Å². The van der Waals surface area contributed by atoms with Crippen LogP contribution in [0.25, 0.3) is 0 Å². The molecule has 1 amide bonds. The molecule has 2 aliphatic heterocycles. The van der Waals surface area contributed by atoms with Gasteiger partial charge in [-0.05, 0) is 54.3 Å². The van der Waals surface area contributed by atoms with Crippen molar-refractivity contribution >= 4 is 35.0 Å². The second-order valence-electron chi connectivity index (χ2n) is 12.6. The van der Waals surface area contributed by atoms with E-state index in [9.17, 15) is 4.79 Å². The van der Waals surface area contributed by atoms with Crippen molar-refractivity contribution in [2.75, 3.05) is 86.3 Å². The van der Waals surface area contributed by atoms with Crippen molar-refractivity contribution in [1.29, 1.82) is 0 Å². The van der Waals surface area contributed by atoms with Crippen molar-refractivity contribution in [3.8, 4) is 23.0 Å². The van der Waals surface area contributed by atoms with Crippen LogP contribution in [0.5, 0.6) is 23.0 Å². The number of piperazine rings is 1. The van der Waals surface area contributed by atoms with Crippen LogP contribution in [0.4, 0.5) is 5.69 Å². The summed E-state index contributed by atoms with van der Waals surface area (Å²) < 4.78 is 28.1. The Morgan fingerprint density at radius 3 is 2.17 bits per heavy atom. The number of nitrogens with zero attached hydrogens (tertiary/aromatic N) is 3. The molecule has 0 radical (unpaired) electrons. The molecule has 9 nitrogen and oxygen atoms in total. The van der Waals surface area contributed by atoms with Gasteiger partial charge in [-0.2, -0.15) is 0 Å². The highest BCUT2D eigenvalue weighted by molar-refractivity contribution is 8.01. The highest BCUT2D eigenvalue weighted by atomic mass is 35.5. The van der Waals surface area contributed by atoms with Crippen molar-refractivity contribution in [3.63, 3.8) is 0 Å². The van der Waals surface area contributed by atoms with Crippen LogP contribution in [0.2, 0.25) is 5.02 Å². The zero-order chi connectivity index (χ0) is 34.4. The zero-order valence-electron chi connectivity index (χ0n) is 29.1. The second-order valence-corrected chi connectivity index (χ2v) is 14.3. The number of fused-ring (bicyclic) bond motifs is 1. The fourth-order valence-corrected chi connectivity index (χ4v) is 8.41. The minimum atomic E-state index is -0.871. The lowest BCUT2D eigenvalue weighted by molar-refractivity contribution is -0.122. The number of hydrogen-bond donors (Lipinski definition) is 0. The largest absolute Gasteiger partial charge is 0.493 e. The van der Waals surface area contributed by atoms with Crippen molar-refractivity contribution in [2.45, 2.75) is 36.0 Å². The van der Waals surface area contributed by atoms with E-state index < -0.39 is 4.75 Å². The van der Waals surface area contributed by atoms with E-state index in [2.05, 4.69) is 23.6 Å². The summed E-state index contributed by atoms with van der Waals surface area (Å²) in [5.74, 6) is 2.68. The molecule has 48 heavy (non-hydrogen) atoms. The molecule has 5 rings (SSSR count). The molecular formula is C37H48ClN3O6S. The second kappa shape index (κ2) is 16.0. The Kier molecular flexibility index (Phi) is 12.1. The number of likely N-dealkylation sites (N-methyl/N-ethyl adjacent to an activating group) is 1. The van der Waals surface area contributed by atoms with Gasteiger partial charge in [0, 0.05) is 68.9 Å². The predicted octanol–water partition coefficient (Wildman–Crippen LogP) is 6.24. The molecule has 2 heterocycles. The Hall–Kier alpha value is -3.15. The SMILES string of the molecule is COc1cc(CCN2CCN(CC(COc3ccccc3C3(C(C)C)Sc4cc(Cl)ccc4N(C)C3=O)OC)CC2)cc(OC)c1OC. The summed E-state index contributed by atoms with van der Waals surface area (Å²) in [4.78, 5) is 21.8. The van der Waals surface area contributed by atoms with E-state index >= 15 is 0 Å². The first-order valence-corrected chi connectivity index (χ1v) is 17.6. The summed E-state index contributed by atoms with van der Waals surface area (Å²) in [7, 11) is 8.48. The van der Waals surface area contributed by atoms with Gasteiger partial charge in [0.15, 0.2) is 11.5 Å². The lowest BCUT2D eigenvalue weighted by atomic mass is 9.85. The number of para-hydroxylation sites is 1. The van der Waals surface area contributed by atoms with Crippen molar-refractivity contribution in [1.82, 2.24) is 9.80 Å². The smallest absolute Gasteiger partial charge is 0.248 e. The number of anilines is 1. The Morgan fingerprint density at radius 1 is 0.875 bits per heavy atom. The molecule has 3 aromatic rings. The molecule has 1 saturated heterocycles. The van der Waals surface area contributed by atoms with E-state index in [-0.39, 0.29) is 17.9 Å². The van der Waals surface area contributed by atoms with Crippen LogP contribution in [0.15, 0.2) is 59.5 Å². The number of ether oxygens (including phenoxy) is 5. The van der Waals surface area contributed by atoms with Crippen LogP contribution in [0.1, 0.15) is 25.0 Å². The molecule has 3 aromatic carbocycles.